The minimum absolute atomic E-state index is 0.300. The third-order valence-corrected chi connectivity index (χ3v) is 3.09. The Morgan fingerprint density at radius 1 is 1.35 bits per heavy atom. The minimum atomic E-state index is -0.503. The number of carbonyl (C=O) groups is 2. The van der Waals surface area contributed by atoms with Crippen molar-refractivity contribution in [2.45, 2.75) is 13.1 Å². The lowest BCUT2D eigenvalue weighted by atomic mass is 10.2. The van der Waals surface area contributed by atoms with Crippen LogP contribution in [-0.2, 0) is 13.1 Å². The van der Waals surface area contributed by atoms with E-state index >= 15 is 0 Å². The Balaban J connectivity index is 1.78. The molecule has 102 valence electrons. The first-order valence-electron chi connectivity index (χ1n) is 5.98. The van der Waals surface area contributed by atoms with E-state index in [9.17, 15) is 9.59 Å². The fourth-order valence-corrected chi connectivity index (χ4v) is 2.07. The van der Waals surface area contributed by atoms with Crippen molar-refractivity contribution < 1.29 is 9.59 Å². The van der Waals surface area contributed by atoms with Crippen LogP contribution in [0.1, 0.15) is 21.7 Å². The Hall–Kier alpha value is -2.90. The molecule has 3 amide bonds. The molecule has 1 aliphatic heterocycles. The van der Waals surface area contributed by atoms with Gasteiger partial charge in [-0.2, -0.15) is 5.10 Å². The maximum Gasteiger partial charge on any atom is 0.315 e. The molecule has 0 atom stereocenters. The first kappa shape index (κ1) is 12.2. The molecular formula is C12H12N6O2. The van der Waals surface area contributed by atoms with Gasteiger partial charge < -0.3 is 16.0 Å². The van der Waals surface area contributed by atoms with Crippen LogP contribution in [0.4, 0.5) is 10.6 Å². The third kappa shape index (κ3) is 2.07. The predicted octanol–water partition coefficient (Wildman–Crippen LogP) is 0.451. The first-order chi connectivity index (χ1) is 9.65. The topological polar surface area (TPSA) is 117 Å². The summed E-state index contributed by atoms with van der Waals surface area (Å²) >= 11 is 0. The van der Waals surface area contributed by atoms with Crippen molar-refractivity contribution in [3.05, 3.63) is 41.3 Å². The number of carbonyl (C=O) groups excluding carboxylic acids is 2. The van der Waals surface area contributed by atoms with Crippen LogP contribution in [0.3, 0.4) is 0 Å². The molecule has 0 aromatic carbocycles. The lowest BCUT2D eigenvalue weighted by molar-refractivity contribution is 0.102. The normalized spacial score (nSPS) is 13.1. The van der Waals surface area contributed by atoms with E-state index in [-0.39, 0.29) is 5.91 Å². The molecule has 3 heterocycles. The van der Waals surface area contributed by atoms with Crippen LogP contribution in [-0.4, -0.2) is 32.0 Å². The van der Waals surface area contributed by atoms with Crippen molar-refractivity contribution >= 4 is 17.8 Å². The number of primary amides is 1. The van der Waals surface area contributed by atoms with Gasteiger partial charge in [0.15, 0.2) is 5.82 Å². The van der Waals surface area contributed by atoms with Crippen molar-refractivity contribution in [3.8, 4) is 0 Å². The van der Waals surface area contributed by atoms with Crippen molar-refractivity contribution in [2.75, 3.05) is 5.32 Å². The molecule has 2 aromatic rings. The largest absolute Gasteiger partial charge is 0.351 e. The van der Waals surface area contributed by atoms with Crippen molar-refractivity contribution in [1.82, 2.24) is 20.1 Å². The van der Waals surface area contributed by atoms with Crippen molar-refractivity contribution in [2.24, 2.45) is 5.73 Å². The Bertz CT molecular complexity index is 666. The smallest absolute Gasteiger partial charge is 0.315 e. The Morgan fingerprint density at radius 2 is 2.20 bits per heavy atom. The molecule has 0 saturated carbocycles. The van der Waals surface area contributed by atoms with E-state index in [1.165, 1.54) is 4.90 Å². The van der Waals surface area contributed by atoms with E-state index < -0.39 is 6.03 Å². The SMILES string of the molecule is NC(=O)N1Cc2[nH]nc(NC(=O)c3ccccn3)c2C1. The number of rotatable bonds is 2. The predicted molar refractivity (Wildman–Crippen MR) is 69.6 cm³/mol. The summed E-state index contributed by atoms with van der Waals surface area (Å²) in [5, 5.41) is 9.50. The first-order valence-corrected chi connectivity index (χ1v) is 5.98. The maximum absolute atomic E-state index is 12.0. The van der Waals surface area contributed by atoms with E-state index in [1.807, 2.05) is 0 Å². The fourth-order valence-electron chi connectivity index (χ4n) is 2.07. The van der Waals surface area contributed by atoms with Crippen molar-refractivity contribution in [1.29, 1.82) is 0 Å². The van der Waals surface area contributed by atoms with Crippen LogP contribution < -0.4 is 11.1 Å². The van der Waals surface area contributed by atoms with Gasteiger partial charge in [-0.1, -0.05) is 6.07 Å². The number of hydrogen-bond donors (Lipinski definition) is 3. The van der Waals surface area contributed by atoms with Gasteiger partial charge in [0.25, 0.3) is 5.91 Å². The summed E-state index contributed by atoms with van der Waals surface area (Å²) in [4.78, 5) is 28.6. The molecule has 20 heavy (non-hydrogen) atoms. The molecule has 4 N–H and O–H groups in total. The highest BCUT2D eigenvalue weighted by Crippen LogP contribution is 2.26. The van der Waals surface area contributed by atoms with E-state index in [4.69, 9.17) is 5.73 Å². The molecule has 2 aromatic heterocycles. The van der Waals surface area contributed by atoms with Crippen LogP contribution in [0.2, 0.25) is 0 Å². The van der Waals surface area contributed by atoms with Gasteiger partial charge in [0, 0.05) is 11.8 Å². The quantitative estimate of drug-likeness (QED) is 0.735. The maximum atomic E-state index is 12.0. The van der Waals surface area contributed by atoms with Gasteiger partial charge in [-0.3, -0.25) is 14.9 Å². The fraction of sp³-hybridized carbons (Fsp3) is 0.167. The van der Waals surface area contributed by atoms with Crippen LogP contribution in [0.25, 0.3) is 0 Å². The van der Waals surface area contributed by atoms with Gasteiger partial charge in [-0.25, -0.2) is 4.79 Å². The molecule has 0 bridgehead atoms. The summed E-state index contributed by atoms with van der Waals surface area (Å²) < 4.78 is 0. The number of amides is 3. The standard InChI is InChI=1S/C12H12N6O2/c13-12(20)18-5-7-9(6-18)16-17-10(7)15-11(19)8-3-1-2-4-14-8/h1-4H,5-6H2,(H2,13,20)(H2,15,16,17,19). The molecule has 8 nitrogen and oxygen atoms in total. The summed E-state index contributed by atoms with van der Waals surface area (Å²) in [5.74, 6) is 0.0526. The molecule has 0 unspecified atom stereocenters. The summed E-state index contributed by atoms with van der Waals surface area (Å²) in [5.41, 5.74) is 7.08. The number of nitrogens with two attached hydrogens (primary N) is 1. The summed E-state index contributed by atoms with van der Waals surface area (Å²) in [6.07, 6.45) is 1.54. The van der Waals surface area contributed by atoms with Crippen LogP contribution in [0, 0.1) is 0 Å². The number of H-pyrrole nitrogens is 1. The highest BCUT2D eigenvalue weighted by atomic mass is 16.2. The molecular weight excluding hydrogens is 260 g/mol. The van der Waals surface area contributed by atoms with Crippen LogP contribution >= 0.6 is 0 Å². The van der Waals surface area contributed by atoms with Gasteiger partial charge in [0.05, 0.1) is 18.8 Å². The van der Waals surface area contributed by atoms with E-state index in [1.54, 1.807) is 24.4 Å². The highest BCUT2D eigenvalue weighted by molar-refractivity contribution is 6.02. The molecule has 0 fully saturated rings. The zero-order valence-electron chi connectivity index (χ0n) is 10.5. The summed E-state index contributed by atoms with van der Waals surface area (Å²) in [6.45, 7) is 0.704. The van der Waals surface area contributed by atoms with Gasteiger partial charge in [-0.05, 0) is 12.1 Å². The molecule has 0 saturated heterocycles. The molecule has 1 aliphatic rings. The number of pyridine rings is 1. The number of aromatic amines is 1. The third-order valence-electron chi connectivity index (χ3n) is 3.09. The van der Waals surface area contributed by atoms with E-state index in [0.717, 1.165) is 11.3 Å². The van der Waals surface area contributed by atoms with Gasteiger partial charge in [0.1, 0.15) is 5.69 Å². The Kier molecular flexibility index (Phi) is 2.82. The number of anilines is 1. The highest BCUT2D eigenvalue weighted by Gasteiger charge is 2.27. The number of fused-ring (bicyclic) bond motifs is 1. The Labute approximate surface area is 114 Å². The average molecular weight is 272 g/mol. The summed E-state index contributed by atoms with van der Waals surface area (Å²) in [7, 11) is 0. The minimum Gasteiger partial charge on any atom is -0.351 e. The average Bonchev–Trinajstić information content (AvgIpc) is 3.02. The number of nitrogens with zero attached hydrogens (tertiary/aromatic N) is 3. The zero-order chi connectivity index (χ0) is 14.1. The molecule has 0 spiro atoms. The Morgan fingerprint density at radius 3 is 2.90 bits per heavy atom. The lowest BCUT2D eigenvalue weighted by Gasteiger charge is -2.11. The molecule has 3 rings (SSSR count). The van der Waals surface area contributed by atoms with Gasteiger partial charge in [-0.15, -0.1) is 0 Å². The van der Waals surface area contributed by atoms with E-state index in [0.29, 0.717) is 24.6 Å². The van der Waals surface area contributed by atoms with Crippen LogP contribution in [0.15, 0.2) is 24.4 Å². The number of nitrogens with one attached hydrogen (secondary N) is 2. The molecule has 0 aliphatic carbocycles. The van der Waals surface area contributed by atoms with E-state index in [2.05, 4.69) is 20.5 Å². The van der Waals surface area contributed by atoms with Gasteiger partial charge in [0.2, 0.25) is 0 Å². The zero-order valence-corrected chi connectivity index (χ0v) is 10.5. The number of aromatic nitrogens is 3. The monoisotopic (exact) mass is 272 g/mol. The lowest BCUT2D eigenvalue weighted by Crippen LogP contribution is -2.31. The number of urea groups is 1. The van der Waals surface area contributed by atoms with Gasteiger partial charge >= 0.3 is 6.03 Å². The second kappa shape index (κ2) is 4.65. The van der Waals surface area contributed by atoms with Crippen LogP contribution in [0.5, 0.6) is 0 Å². The molecule has 8 heteroatoms. The molecule has 0 radical (unpaired) electrons. The second-order valence-corrected chi connectivity index (χ2v) is 4.39. The van der Waals surface area contributed by atoms with Crippen molar-refractivity contribution in [3.63, 3.8) is 0 Å². The second-order valence-electron chi connectivity index (χ2n) is 4.39. The number of hydrogen-bond acceptors (Lipinski definition) is 4. The summed E-state index contributed by atoms with van der Waals surface area (Å²) in [6, 6.07) is 4.56.